The first-order valence-electron chi connectivity index (χ1n) is 11.6. The van der Waals surface area contributed by atoms with Crippen LogP contribution in [0, 0.1) is 18.4 Å². The van der Waals surface area contributed by atoms with Crippen LogP contribution in [0.1, 0.15) is 27.5 Å². The number of anilines is 1. The van der Waals surface area contributed by atoms with Gasteiger partial charge >= 0.3 is 0 Å². The average Bonchev–Trinajstić information content (AvgIpc) is 3.34. The first kappa shape index (κ1) is 22.2. The number of para-hydroxylation sites is 2. The molecule has 1 unspecified atom stereocenters. The number of carbonyl (C=O) groups is 1. The van der Waals surface area contributed by atoms with Crippen molar-refractivity contribution >= 4 is 28.5 Å². The van der Waals surface area contributed by atoms with E-state index in [-0.39, 0.29) is 11.9 Å². The van der Waals surface area contributed by atoms with Crippen LogP contribution in [0.15, 0.2) is 90.1 Å². The molecule has 1 amide bonds. The highest BCUT2D eigenvalue weighted by Gasteiger charge is 2.34. The molecule has 0 bridgehead atoms. The van der Waals surface area contributed by atoms with Crippen molar-refractivity contribution in [2.24, 2.45) is 4.99 Å². The molecule has 1 saturated heterocycles. The third kappa shape index (κ3) is 4.46. The van der Waals surface area contributed by atoms with E-state index in [1.54, 1.807) is 6.20 Å². The number of H-pyrrole nitrogens is 1. The molecule has 7 nitrogen and oxygen atoms in total. The lowest BCUT2D eigenvalue weighted by Gasteiger charge is -2.42. The lowest BCUT2D eigenvalue weighted by molar-refractivity contribution is 0.0552. The Hall–Kier alpha value is -4.57. The SMILES string of the molecule is Cc1ccccc1N/C(=N/C#N)N1CCN(C(=O)c2c[nH]c3ccccc23)C(c2ccccc2)C1. The molecule has 1 aliphatic heterocycles. The van der Waals surface area contributed by atoms with Crippen LogP contribution in [0.5, 0.6) is 0 Å². The summed E-state index contributed by atoms with van der Waals surface area (Å²) >= 11 is 0. The van der Waals surface area contributed by atoms with Crippen molar-refractivity contribution in [2.75, 3.05) is 25.0 Å². The zero-order valence-electron chi connectivity index (χ0n) is 19.5. The second-order valence-corrected chi connectivity index (χ2v) is 8.59. The Morgan fingerprint density at radius 2 is 1.77 bits per heavy atom. The number of amides is 1. The van der Waals surface area contributed by atoms with Gasteiger partial charge in [0, 0.05) is 42.4 Å². The van der Waals surface area contributed by atoms with Gasteiger partial charge in [0.2, 0.25) is 12.2 Å². The molecular weight excluding hydrogens is 436 g/mol. The maximum atomic E-state index is 13.8. The fourth-order valence-corrected chi connectivity index (χ4v) is 4.64. The Labute approximate surface area is 204 Å². The van der Waals surface area contributed by atoms with Gasteiger partial charge in [0.1, 0.15) is 0 Å². The maximum absolute atomic E-state index is 13.8. The van der Waals surface area contributed by atoms with E-state index >= 15 is 0 Å². The standard InChI is InChI=1S/C28H26N6O/c1-20-9-5-7-13-24(20)32-28(31-19-29)33-15-16-34(26(18-33)21-10-3-2-4-11-21)27(35)23-17-30-25-14-8-6-12-22(23)25/h2-14,17,26,30H,15-16,18H2,1H3,(H,31,32). The van der Waals surface area contributed by atoms with Gasteiger partial charge in [0.15, 0.2) is 0 Å². The van der Waals surface area contributed by atoms with Gasteiger partial charge < -0.3 is 20.1 Å². The molecular formula is C28H26N6O. The number of benzene rings is 3. The Bertz CT molecular complexity index is 1420. The fraction of sp³-hybridized carbons (Fsp3) is 0.179. The van der Waals surface area contributed by atoms with Gasteiger partial charge in [-0.05, 0) is 30.2 Å². The monoisotopic (exact) mass is 462 g/mol. The molecule has 1 atom stereocenters. The third-order valence-corrected chi connectivity index (χ3v) is 6.49. The van der Waals surface area contributed by atoms with Crippen LogP contribution in [-0.4, -0.2) is 46.3 Å². The molecule has 1 aromatic heterocycles. The van der Waals surface area contributed by atoms with Gasteiger partial charge in [-0.25, -0.2) is 0 Å². The molecule has 1 fully saturated rings. The molecule has 7 heteroatoms. The molecule has 2 N–H and O–H groups in total. The highest BCUT2D eigenvalue weighted by Crippen LogP contribution is 2.30. The van der Waals surface area contributed by atoms with E-state index in [1.165, 1.54) is 0 Å². The normalized spacial score (nSPS) is 16.2. The van der Waals surface area contributed by atoms with Crippen LogP contribution in [-0.2, 0) is 0 Å². The highest BCUT2D eigenvalue weighted by molar-refractivity contribution is 6.07. The lowest BCUT2D eigenvalue weighted by Crippen LogP contribution is -2.53. The number of hydrogen-bond donors (Lipinski definition) is 2. The number of piperazine rings is 1. The summed E-state index contributed by atoms with van der Waals surface area (Å²) in [5.74, 6) is 0.475. The number of aliphatic imine (C=N–C) groups is 1. The van der Waals surface area contributed by atoms with Crippen molar-refractivity contribution in [3.63, 3.8) is 0 Å². The number of fused-ring (bicyclic) bond motifs is 1. The minimum absolute atomic E-state index is 0.0124. The summed E-state index contributed by atoms with van der Waals surface area (Å²) in [6.07, 6.45) is 3.73. The smallest absolute Gasteiger partial charge is 0.256 e. The van der Waals surface area contributed by atoms with Gasteiger partial charge in [-0.2, -0.15) is 5.26 Å². The number of aryl methyl sites for hydroxylation is 1. The van der Waals surface area contributed by atoms with Crippen LogP contribution in [0.3, 0.4) is 0 Å². The summed E-state index contributed by atoms with van der Waals surface area (Å²) in [7, 11) is 0. The second kappa shape index (κ2) is 9.74. The van der Waals surface area contributed by atoms with Crippen LogP contribution < -0.4 is 5.32 Å². The van der Waals surface area contributed by atoms with Crippen molar-refractivity contribution in [3.8, 4) is 6.19 Å². The van der Waals surface area contributed by atoms with Crippen molar-refractivity contribution in [1.29, 1.82) is 5.26 Å². The number of carbonyl (C=O) groups excluding carboxylic acids is 1. The van der Waals surface area contributed by atoms with Gasteiger partial charge in [0.05, 0.1) is 11.6 Å². The number of aromatic nitrogens is 1. The zero-order chi connectivity index (χ0) is 24.2. The molecule has 0 spiro atoms. The average molecular weight is 463 g/mol. The summed E-state index contributed by atoms with van der Waals surface area (Å²) in [4.78, 5) is 25.1. The predicted octanol–water partition coefficient (Wildman–Crippen LogP) is 4.92. The molecule has 0 aliphatic carbocycles. The number of aromatic amines is 1. The van der Waals surface area contributed by atoms with Crippen molar-refractivity contribution in [1.82, 2.24) is 14.8 Å². The first-order chi connectivity index (χ1) is 17.2. The largest absolute Gasteiger partial charge is 0.360 e. The quantitative estimate of drug-likeness (QED) is 0.257. The number of nitrogens with zero attached hydrogens (tertiary/aromatic N) is 4. The molecule has 35 heavy (non-hydrogen) atoms. The van der Waals surface area contributed by atoms with E-state index in [9.17, 15) is 10.1 Å². The van der Waals surface area contributed by atoms with E-state index < -0.39 is 0 Å². The van der Waals surface area contributed by atoms with Crippen LogP contribution in [0.4, 0.5) is 5.69 Å². The summed E-state index contributed by atoms with van der Waals surface area (Å²) < 4.78 is 0. The van der Waals surface area contributed by atoms with E-state index in [2.05, 4.69) is 15.3 Å². The van der Waals surface area contributed by atoms with Crippen molar-refractivity contribution in [3.05, 3.63) is 102 Å². The number of rotatable bonds is 3. The van der Waals surface area contributed by atoms with Crippen molar-refractivity contribution in [2.45, 2.75) is 13.0 Å². The Balaban J connectivity index is 1.46. The van der Waals surface area contributed by atoms with Gasteiger partial charge in [-0.15, -0.1) is 4.99 Å². The molecule has 0 radical (unpaired) electrons. The molecule has 3 aromatic carbocycles. The zero-order valence-corrected chi connectivity index (χ0v) is 19.5. The fourth-order valence-electron chi connectivity index (χ4n) is 4.64. The number of nitriles is 1. The van der Waals surface area contributed by atoms with Gasteiger partial charge in [0.25, 0.3) is 5.91 Å². The summed E-state index contributed by atoms with van der Waals surface area (Å²) in [6.45, 7) is 3.57. The van der Waals surface area contributed by atoms with Crippen LogP contribution in [0.25, 0.3) is 10.9 Å². The van der Waals surface area contributed by atoms with E-state index in [4.69, 9.17) is 0 Å². The second-order valence-electron chi connectivity index (χ2n) is 8.59. The molecule has 1 aliphatic rings. The van der Waals surface area contributed by atoms with E-state index in [1.807, 2.05) is 102 Å². The number of nitrogens with one attached hydrogen (secondary N) is 2. The summed E-state index contributed by atoms with van der Waals surface area (Å²) in [6, 6.07) is 25.6. The molecule has 4 aromatic rings. The van der Waals surface area contributed by atoms with Gasteiger partial charge in [-0.3, -0.25) is 4.79 Å². The molecule has 0 saturated carbocycles. The third-order valence-electron chi connectivity index (χ3n) is 6.49. The summed E-state index contributed by atoms with van der Waals surface area (Å²) in [5.41, 5.74) is 4.61. The Morgan fingerprint density at radius 3 is 2.57 bits per heavy atom. The van der Waals surface area contributed by atoms with Crippen LogP contribution >= 0.6 is 0 Å². The van der Waals surface area contributed by atoms with E-state index in [0.717, 1.165) is 27.7 Å². The molecule has 174 valence electrons. The highest BCUT2D eigenvalue weighted by atomic mass is 16.2. The Morgan fingerprint density at radius 1 is 1.03 bits per heavy atom. The lowest BCUT2D eigenvalue weighted by atomic mass is 10.0. The van der Waals surface area contributed by atoms with Crippen molar-refractivity contribution < 1.29 is 4.79 Å². The van der Waals surface area contributed by atoms with Crippen LogP contribution in [0.2, 0.25) is 0 Å². The molecule has 2 heterocycles. The number of guanidine groups is 1. The minimum atomic E-state index is -0.200. The maximum Gasteiger partial charge on any atom is 0.256 e. The minimum Gasteiger partial charge on any atom is -0.360 e. The number of hydrogen-bond acceptors (Lipinski definition) is 3. The first-order valence-corrected chi connectivity index (χ1v) is 11.6. The summed E-state index contributed by atoms with van der Waals surface area (Å²) in [5, 5.41) is 13.6. The van der Waals surface area contributed by atoms with Gasteiger partial charge in [-0.1, -0.05) is 66.7 Å². The topological polar surface area (TPSA) is 87.5 Å². The van der Waals surface area contributed by atoms with E-state index in [0.29, 0.717) is 31.2 Å². The Kier molecular flexibility index (Phi) is 6.18. The molecule has 5 rings (SSSR count). The predicted molar refractivity (Wildman–Crippen MR) is 138 cm³/mol.